The number of ether oxygens (including phenoxy) is 5. The number of aliphatic hydroxyl groups is 2. The van der Waals surface area contributed by atoms with E-state index in [-0.39, 0.29) is 12.9 Å². The number of hydrogen-bond acceptors (Lipinski definition) is 7. The second-order valence-corrected chi connectivity index (χ2v) is 6.04. The van der Waals surface area contributed by atoms with Crippen molar-refractivity contribution in [1.82, 2.24) is 0 Å². The molecule has 0 amide bonds. The lowest BCUT2D eigenvalue weighted by Gasteiger charge is -2.23. The van der Waals surface area contributed by atoms with Crippen LogP contribution in [0.3, 0.4) is 0 Å². The number of methoxy groups -OCH3 is 2. The molecule has 7 heteroatoms. The maximum absolute atomic E-state index is 10.6. The first-order valence-electron chi connectivity index (χ1n) is 8.67. The summed E-state index contributed by atoms with van der Waals surface area (Å²) in [7, 11) is 3.06. The van der Waals surface area contributed by atoms with Crippen molar-refractivity contribution in [2.75, 3.05) is 34.0 Å². The molecule has 1 fully saturated rings. The molecule has 1 aliphatic heterocycles. The Morgan fingerprint density at radius 2 is 1.67 bits per heavy atom. The van der Waals surface area contributed by atoms with E-state index >= 15 is 0 Å². The molecule has 2 atom stereocenters. The molecule has 2 N–H and O–H groups in total. The van der Waals surface area contributed by atoms with Crippen LogP contribution in [0.15, 0.2) is 42.5 Å². The lowest BCUT2D eigenvalue weighted by atomic mass is 10.0. The highest BCUT2D eigenvalue weighted by Gasteiger charge is 2.24. The van der Waals surface area contributed by atoms with Crippen LogP contribution in [0.1, 0.15) is 23.5 Å². The van der Waals surface area contributed by atoms with Crippen molar-refractivity contribution < 1.29 is 33.9 Å². The van der Waals surface area contributed by atoms with Crippen LogP contribution in [0.25, 0.3) is 0 Å². The highest BCUT2D eigenvalue weighted by molar-refractivity contribution is 5.43. The van der Waals surface area contributed by atoms with Crippen LogP contribution >= 0.6 is 0 Å². The molecule has 0 aliphatic carbocycles. The van der Waals surface area contributed by atoms with E-state index < -0.39 is 12.2 Å². The summed E-state index contributed by atoms with van der Waals surface area (Å²) in [6.45, 7) is 0.798. The SMILES string of the molecule is COc1ccc([C@H](O)[C@@H](CO)Oc2ccc(C3OCCO3)cc2)cc1OC. The van der Waals surface area contributed by atoms with Crippen LogP contribution in [0, 0.1) is 0 Å². The molecule has 2 aromatic carbocycles. The topological polar surface area (TPSA) is 86.6 Å². The number of aliphatic hydroxyl groups excluding tert-OH is 2. The van der Waals surface area contributed by atoms with Gasteiger partial charge in [-0.2, -0.15) is 0 Å². The number of benzene rings is 2. The minimum Gasteiger partial charge on any atom is -0.493 e. The van der Waals surface area contributed by atoms with Gasteiger partial charge >= 0.3 is 0 Å². The third-order valence-electron chi connectivity index (χ3n) is 4.34. The summed E-state index contributed by atoms with van der Waals surface area (Å²) in [5, 5.41) is 20.3. The number of rotatable bonds is 8. The summed E-state index contributed by atoms with van der Waals surface area (Å²) in [6, 6.07) is 12.2. The van der Waals surface area contributed by atoms with Crippen LogP contribution in [-0.4, -0.2) is 50.4 Å². The van der Waals surface area contributed by atoms with Crippen LogP contribution < -0.4 is 14.2 Å². The fourth-order valence-corrected chi connectivity index (χ4v) is 2.88. The molecule has 0 saturated carbocycles. The molecule has 7 nitrogen and oxygen atoms in total. The minimum atomic E-state index is -1.05. The van der Waals surface area contributed by atoms with Gasteiger partial charge in [0.05, 0.1) is 34.0 Å². The van der Waals surface area contributed by atoms with E-state index in [0.717, 1.165) is 5.56 Å². The van der Waals surface area contributed by atoms with E-state index in [9.17, 15) is 10.2 Å². The predicted octanol–water partition coefficient (Wildman–Crippen LogP) is 2.22. The first-order chi connectivity index (χ1) is 13.2. The van der Waals surface area contributed by atoms with Crippen LogP contribution in [0.5, 0.6) is 17.2 Å². The van der Waals surface area contributed by atoms with Gasteiger partial charge in [-0.15, -0.1) is 0 Å². The van der Waals surface area contributed by atoms with Gasteiger partial charge in [-0.25, -0.2) is 0 Å². The third-order valence-corrected chi connectivity index (χ3v) is 4.34. The first-order valence-corrected chi connectivity index (χ1v) is 8.67. The van der Waals surface area contributed by atoms with E-state index in [1.54, 1.807) is 37.4 Å². The van der Waals surface area contributed by atoms with Gasteiger partial charge in [0, 0.05) is 5.56 Å². The molecular weight excluding hydrogens is 352 g/mol. The van der Waals surface area contributed by atoms with Crippen molar-refractivity contribution in [2.24, 2.45) is 0 Å². The van der Waals surface area contributed by atoms with Crippen LogP contribution in [-0.2, 0) is 9.47 Å². The van der Waals surface area contributed by atoms with Crippen LogP contribution in [0.2, 0.25) is 0 Å². The second-order valence-electron chi connectivity index (χ2n) is 6.04. The third kappa shape index (κ3) is 4.51. The minimum absolute atomic E-state index is 0.355. The Balaban J connectivity index is 1.70. The van der Waals surface area contributed by atoms with Gasteiger partial charge in [0.1, 0.15) is 11.9 Å². The largest absolute Gasteiger partial charge is 0.493 e. The summed E-state index contributed by atoms with van der Waals surface area (Å²) < 4.78 is 27.1. The molecule has 1 aliphatic rings. The zero-order valence-electron chi connectivity index (χ0n) is 15.3. The Kier molecular flexibility index (Phi) is 6.52. The Bertz CT molecular complexity index is 726. The molecule has 27 heavy (non-hydrogen) atoms. The van der Waals surface area contributed by atoms with E-state index in [0.29, 0.717) is 36.0 Å². The molecular formula is C20H24O7. The highest BCUT2D eigenvalue weighted by atomic mass is 16.7. The maximum atomic E-state index is 10.6. The van der Waals surface area contributed by atoms with Gasteiger partial charge in [-0.05, 0) is 29.8 Å². The van der Waals surface area contributed by atoms with Crippen molar-refractivity contribution in [3.8, 4) is 17.2 Å². The Hall–Kier alpha value is -2.32. The fourth-order valence-electron chi connectivity index (χ4n) is 2.88. The first kappa shape index (κ1) is 19.4. The summed E-state index contributed by atoms with van der Waals surface area (Å²) in [6.07, 6.45) is -2.24. The Labute approximate surface area is 158 Å². The monoisotopic (exact) mass is 376 g/mol. The quantitative estimate of drug-likeness (QED) is 0.730. The summed E-state index contributed by atoms with van der Waals surface area (Å²) in [5.74, 6) is 1.57. The molecule has 146 valence electrons. The van der Waals surface area contributed by atoms with E-state index in [4.69, 9.17) is 23.7 Å². The van der Waals surface area contributed by atoms with Crippen molar-refractivity contribution >= 4 is 0 Å². The van der Waals surface area contributed by atoms with Crippen LogP contribution in [0.4, 0.5) is 0 Å². The van der Waals surface area contributed by atoms with Crippen molar-refractivity contribution in [2.45, 2.75) is 18.5 Å². The molecule has 0 bridgehead atoms. The molecule has 1 heterocycles. The molecule has 2 aromatic rings. The van der Waals surface area contributed by atoms with Gasteiger partial charge in [0.15, 0.2) is 23.9 Å². The van der Waals surface area contributed by atoms with Crippen molar-refractivity contribution in [3.63, 3.8) is 0 Å². The van der Waals surface area contributed by atoms with Gasteiger partial charge < -0.3 is 33.9 Å². The van der Waals surface area contributed by atoms with Gasteiger partial charge in [0.2, 0.25) is 0 Å². The average Bonchev–Trinajstić information content (AvgIpc) is 3.26. The summed E-state index contributed by atoms with van der Waals surface area (Å²) in [4.78, 5) is 0. The lowest BCUT2D eigenvalue weighted by Crippen LogP contribution is -2.29. The molecule has 0 unspecified atom stereocenters. The molecule has 1 saturated heterocycles. The van der Waals surface area contributed by atoms with E-state index in [1.807, 2.05) is 12.1 Å². The maximum Gasteiger partial charge on any atom is 0.184 e. The predicted molar refractivity (Wildman–Crippen MR) is 97.1 cm³/mol. The summed E-state index contributed by atoms with van der Waals surface area (Å²) >= 11 is 0. The molecule has 0 radical (unpaired) electrons. The fraction of sp³-hybridized carbons (Fsp3) is 0.400. The van der Waals surface area contributed by atoms with E-state index in [2.05, 4.69) is 0 Å². The number of hydrogen-bond donors (Lipinski definition) is 2. The smallest absolute Gasteiger partial charge is 0.184 e. The summed E-state index contributed by atoms with van der Waals surface area (Å²) in [5.41, 5.74) is 1.44. The molecule has 0 aromatic heterocycles. The average molecular weight is 376 g/mol. The van der Waals surface area contributed by atoms with E-state index in [1.165, 1.54) is 7.11 Å². The second kappa shape index (κ2) is 9.05. The Morgan fingerprint density at radius 1 is 1.00 bits per heavy atom. The zero-order chi connectivity index (χ0) is 19.2. The molecule has 3 rings (SSSR count). The van der Waals surface area contributed by atoms with Crippen molar-refractivity contribution in [3.05, 3.63) is 53.6 Å². The van der Waals surface area contributed by atoms with Crippen molar-refractivity contribution in [1.29, 1.82) is 0 Å². The van der Waals surface area contributed by atoms with Gasteiger partial charge in [0.25, 0.3) is 0 Å². The zero-order valence-corrected chi connectivity index (χ0v) is 15.3. The molecule has 0 spiro atoms. The highest BCUT2D eigenvalue weighted by Crippen LogP contribution is 2.32. The standard InChI is InChI=1S/C20H24O7/c1-23-16-8-5-14(11-17(16)24-2)19(22)18(12-21)27-15-6-3-13(4-7-15)20-25-9-10-26-20/h3-8,11,18-22H,9-10,12H2,1-2H3/t18-,19+/m1/s1. The normalized spacial score (nSPS) is 16.7. The Morgan fingerprint density at radius 3 is 2.26 bits per heavy atom. The lowest BCUT2D eigenvalue weighted by molar-refractivity contribution is -0.0442. The van der Waals surface area contributed by atoms with Gasteiger partial charge in [-0.3, -0.25) is 0 Å². The van der Waals surface area contributed by atoms with Gasteiger partial charge in [-0.1, -0.05) is 18.2 Å².